The van der Waals surface area contributed by atoms with Crippen LogP contribution in [0, 0.1) is 0 Å². The Morgan fingerprint density at radius 2 is 1.21 bits per heavy atom. The number of hydrogen-bond donors (Lipinski definition) is 2. The van der Waals surface area contributed by atoms with Gasteiger partial charge in [-0.25, -0.2) is 0 Å². The second kappa shape index (κ2) is 13.4. The molecule has 0 aliphatic carbocycles. The number of guanidine groups is 1. The Morgan fingerprint density at radius 1 is 0.789 bits per heavy atom. The molecular weight excluding hydrogens is 238 g/mol. The van der Waals surface area contributed by atoms with E-state index in [1.165, 1.54) is 57.8 Å². The van der Waals surface area contributed by atoms with Crippen molar-refractivity contribution >= 4 is 11.9 Å². The molecule has 0 spiro atoms. The fourth-order valence-corrected chi connectivity index (χ4v) is 2.14. The first kappa shape index (κ1) is 17.9. The Hall–Kier alpha value is -1.06. The SMILES string of the molecule is CCCCCCCCCCCCCC(=O)N=C(N)N. The zero-order valence-electron chi connectivity index (χ0n) is 12.5. The van der Waals surface area contributed by atoms with Gasteiger partial charge in [0.15, 0.2) is 5.96 Å². The molecule has 112 valence electrons. The van der Waals surface area contributed by atoms with E-state index in [4.69, 9.17) is 11.5 Å². The van der Waals surface area contributed by atoms with Gasteiger partial charge in [-0.15, -0.1) is 0 Å². The minimum Gasteiger partial charge on any atom is -0.370 e. The predicted molar refractivity (Wildman–Crippen MR) is 81.9 cm³/mol. The quantitative estimate of drug-likeness (QED) is 0.323. The molecule has 0 fully saturated rings. The van der Waals surface area contributed by atoms with E-state index in [9.17, 15) is 4.79 Å². The molecule has 0 atom stereocenters. The summed E-state index contributed by atoms with van der Waals surface area (Å²) in [4.78, 5) is 14.7. The molecule has 0 saturated carbocycles. The van der Waals surface area contributed by atoms with Crippen molar-refractivity contribution in [3.05, 3.63) is 0 Å². The maximum absolute atomic E-state index is 11.2. The highest BCUT2D eigenvalue weighted by Crippen LogP contribution is 2.11. The molecule has 19 heavy (non-hydrogen) atoms. The van der Waals surface area contributed by atoms with Crippen LogP contribution in [-0.4, -0.2) is 11.9 Å². The van der Waals surface area contributed by atoms with Gasteiger partial charge in [0, 0.05) is 6.42 Å². The highest BCUT2D eigenvalue weighted by atomic mass is 16.1. The summed E-state index contributed by atoms with van der Waals surface area (Å²) in [5.41, 5.74) is 10.3. The molecule has 4 nitrogen and oxygen atoms in total. The van der Waals surface area contributed by atoms with Crippen LogP contribution < -0.4 is 11.5 Å². The third-order valence-corrected chi connectivity index (χ3v) is 3.25. The van der Waals surface area contributed by atoms with E-state index in [0.29, 0.717) is 6.42 Å². The maximum atomic E-state index is 11.2. The fourth-order valence-electron chi connectivity index (χ4n) is 2.14. The standard InChI is InChI=1S/C15H31N3O/c1-2-3-4-5-6-7-8-9-10-11-12-13-14(19)18-15(16)17/h2-13H2,1H3,(H4,16,17,18,19). The lowest BCUT2D eigenvalue weighted by molar-refractivity contribution is -0.117. The Morgan fingerprint density at radius 3 is 1.63 bits per heavy atom. The minimum absolute atomic E-state index is 0.131. The third kappa shape index (κ3) is 14.9. The van der Waals surface area contributed by atoms with Crippen LogP contribution in [0.1, 0.15) is 84.0 Å². The number of amides is 1. The summed E-state index contributed by atoms with van der Waals surface area (Å²) >= 11 is 0. The molecule has 0 radical (unpaired) electrons. The van der Waals surface area contributed by atoms with Crippen LogP contribution in [0.3, 0.4) is 0 Å². The van der Waals surface area contributed by atoms with E-state index in [0.717, 1.165) is 12.8 Å². The molecule has 0 heterocycles. The summed E-state index contributed by atoms with van der Waals surface area (Å²) in [6, 6.07) is 0. The number of nitrogens with zero attached hydrogens (tertiary/aromatic N) is 1. The van der Waals surface area contributed by atoms with E-state index >= 15 is 0 Å². The lowest BCUT2D eigenvalue weighted by Crippen LogP contribution is -2.24. The van der Waals surface area contributed by atoms with Crippen molar-refractivity contribution in [1.82, 2.24) is 0 Å². The molecule has 0 aliphatic heterocycles. The van der Waals surface area contributed by atoms with Crippen molar-refractivity contribution in [1.29, 1.82) is 0 Å². The number of unbranched alkanes of at least 4 members (excludes halogenated alkanes) is 10. The van der Waals surface area contributed by atoms with Gasteiger partial charge in [-0.1, -0.05) is 71.1 Å². The van der Waals surface area contributed by atoms with E-state index in [1.54, 1.807) is 0 Å². The lowest BCUT2D eigenvalue weighted by Gasteiger charge is -2.02. The summed E-state index contributed by atoms with van der Waals surface area (Å²) in [6.45, 7) is 2.25. The van der Waals surface area contributed by atoms with Crippen LogP contribution in [0.5, 0.6) is 0 Å². The third-order valence-electron chi connectivity index (χ3n) is 3.25. The minimum atomic E-state index is -0.198. The number of hydrogen-bond acceptors (Lipinski definition) is 1. The number of carbonyl (C=O) groups is 1. The average molecular weight is 269 g/mol. The molecule has 0 aromatic heterocycles. The van der Waals surface area contributed by atoms with E-state index < -0.39 is 0 Å². The second-order valence-corrected chi connectivity index (χ2v) is 5.22. The molecule has 0 unspecified atom stereocenters. The molecule has 0 bridgehead atoms. The molecule has 0 aromatic rings. The molecule has 4 heteroatoms. The predicted octanol–water partition coefficient (Wildman–Crippen LogP) is 3.49. The summed E-state index contributed by atoms with van der Waals surface area (Å²) < 4.78 is 0. The van der Waals surface area contributed by atoms with Gasteiger partial charge >= 0.3 is 0 Å². The first-order valence-corrected chi connectivity index (χ1v) is 7.79. The second-order valence-electron chi connectivity index (χ2n) is 5.22. The molecule has 1 amide bonds. The van der Waals surface area contributed by atoms with Gasteiger partial charge in [-0.2, -0.15) is 4.99 Å². The summed E-state index contributed by atoms with van der Waals surface area (Å²) in [7, 11) is 0. The number of aliphatic imine (C=N–C) groups is 1. The van der Waals surface area contributed by atoms with Gasteiger partial charge in [0.1, 0.15) is 0 Å². The molecule has 0 rings (SSSR count). The number of rotatable bonds is 12. The van der Waals surface area contributed by atoms with Gasteiger partial charge in [-0.3, -0.25) is 4.79 Å². The van der Waals surface area contributed by atoms with Crippen LogP contribution in [0.4, 0.5) is 0 Å². The van der Waals surface area contributed by atoms with Crippen molar-refractivity contribution in [2.24, 2.45) is 16.5 Å². The molecule has 0 aromatic carbocycles. The monoisotopic (exact) mass is 269 g/mol. The van der Waals surface area contributed by atoms with Crippen molar-refractivity contribution in [2.45, 2.75) is 84.0 Å². The van der Waals surface area contributed by atoms with E-state index in [2.05, 4.69) is 11.9 Å². The van der Waals surface area contributed by atoms with Crippen LogP contribution >= 0.6 is 0 Å². The van der Waals surface area contributed by atoms with Gasteiger partial charge < -0.3 is 11.5 Å². The topological polar surface area (TPSA) is 81.5 Å². The van der Waals surface area contributed by atoms with Crippen molar-refractivity contribution in [3.63, 3.8) is 0 Å². The first-order valence-electron chi connectivity index (χ1n) is 7.79. The molecule has 0 saturated heterocycles. The molecule has 0 aliphatic rings. The summed E-state index contributed by atoms with van der Waals surface area (Å²) in [5, 5.41) is 0. The Kier molecular flexibility index (Phi) is 12.6. The smallest absolute Gasteiger partial charge is 0.248 e. The molecule has 4 N–H and O–H groups in total. The normalized spacial score (nSPS) is 10.4. The summed E-state index contributed by atoms with van der Waals surface area (Å²) in [5.74, 6) is -0.330. The Balaban J connectivity index is 3.15. The van der Waals surface area contributed by atoms with Crippen molar-refractivity contribution in [3.8, 4) is 0 Å². The lowest BCUT2D eigenvalue weighted by atomic mass is 10.1. The largest absolute Gasteiger partial charge is 0.370 e. The van der Waals surface area contributed by atoms with Crippen LogP contribution in [0.2, 0.25) is 0 Å². The summed E-state index contributed by atoms with van der Waals surface area (Å²) in [6.07, 6.45) is 14.5. The van der Waals surface area contributed by atoms with Crippen LogP contribution in [0.25, 0.3) is 0 Å². The number of carbonyl (C=O) groups excluding carboxylic acids is 1. The molecular formula is C15H31N3O. The van der Waals surface area contributed by atoms with Crippen LogP contribution in [-0.2, 0) is 4.79 Å². The zero-order chi connectivity index (χ0) is 14.3. The maximum Gasteiger partial charge on any atom is 0.248 e. The van der Waals surface area contributed by atoms with Gasteiger partial charge in [0.05, 0.1) is 0 Å². The first-order chi connectivity index (χ1) is 9.16. The zero-order valence-corrected chi connectivity index (χ0v) is 12.5. The Labute approximate surface area is 118 Å². The number of nitrogens with two attached hydrogens (primary N) is 2. The van der Waals surface area contributed by atoms with E-state index in [1.807, 2.05) is 0 Å². The van der Waals surface area contributed by atoms with Gasteiger partial charge in [-0.05, 0) is 6.42 Å². The van der Waals surface area contributed by atoms with Crippen molar-refractivity contribution in [2.75, 3.05) is 0 Å². The highest BCUT2D eigenvalue weighted by molar-refractivity contribution is 5.91. The van der Waals surface area contributed by atoms with E-state index in [-0.39, 0.29) is 11.9 Å². The van der Waals surface area contributed by atoms with Crippen LogP contribution in [0.15, 0.2) is 4.99 Å². The fraction of sp³-hybridized carbons (Fsp3) is 0.867. The highest BCUT2D eigenvalue weighted by Gasteiger charge is 1.99. The van der Waals surface area contributed by atoms with Crippen molar-refractivity contribution < 1.29 is 4.79 Å². The van der Waals surface area contributed by atoms with Gasteiger partial charge in [0.25, 0.3) is 0 Å². The Bertz CT molecular complexity index is 248. The van der Waals surface area contributed by atoms with Gasteiger partial charge in [0.2, 0.25) is 5.91 Å². The average Bonchev–Trinajstić information content (AvgIpc) is 2.35.